The first-order chi connectivity index (χ1) is 10.8. The van der Waals surface area contributed by atoms with Gasteiger partial charge in [0, 0.05) is 6.61 Å². The SMILES string of the molecule is CCCCCCCCCCOOOOCC(C)OCCCN. The summed E-state index contributed by atoms with van der Waals surface area (Å²) in [6, 6.07) is 0. The van der Waals surface area contributed by atoms with Gasteiger partial charge in [0.25, 0.3) is 0 Å². The van der Waals surface area contributed by atoms with Gasteiger partial charge in [-0.15, -0.1) is 0 Å². The molecule has 0 aromatic carbocycles. The van der Waals surface area contributed by atoms with E-state index in [9.17, 15) is 0 Å². The summed E-state index contributed by atoms with van der Waals surface area (Å²) in [7, 11) is 0. The summed E-state index contributed by atoms with van der Waals surface area (Å²) in [6.45, 7) is 6.17. The molecule has 0 saturated heterocycles. The van der Waals surface area contributed by atoms with Crippen LogP contribution in [0.1, 0.15) is 71.6 Å². The zero-order valence-corrected chi connectivity index (χ0v) is 14.4. The minimum absolute atomic E-state index is 0.0668. The smallest absolute Gasteiger partial charge is 0.111 e. The predicted molar refractivity (Wildman–Crippen MR) is 85.8 cm³/mol. The molecule has 0 aromatic heterocycles. The van der Waals surface area contributed by atoms with Crippen LogP contribution < -0.4 is 5.73 Å². The fraction of sp³-hybridized carbons (Fsp3) is 1.00. The molecule has 1 atom stereocenters. The summed E-state index contributed by atoms with van der Waals surface area (Å²) in [5, 5.41) is 8.93. The maximum Gasteiger partial charge on any atom is 0.111 e. The van der Waals surface area contributed by atoms with Crippen LogP contribution >= 0.6 is 0 Å². The third kappa shape index (κ3) is 17.8. The molecule has 22 heavy (non-hydrogen) atoms. The predicted octanol–water partition coefficient (Wildman–Crippen LogP) is 3.69. The van der Waals surface area contributed by atoms with Crippen LogP contribution in [-0.2, 0) is 24.6 Å². The van der Waals surface area contributed by atoms with Crippen LogP contribution in [0.3, 0.4) is 0 Å². The van der Waals surface area contributed by atoms with Gasteiger partial charge < -0.3 is 10.5 Å². The number of unbranched alkanes of at least 4 members (excludes halogenated alkanes) is 7. The highest BCUT2D eigenvalue weighted by molar-refractivity contribution is 4.46. The van der Waals surface area contributed by atoms with Crippen molar-refractivity contribution in [1.82, 2.24) is 0 Å². The van der Waals surface area contributed by atoms with Crippen LogP contribution in [0.25, 0.3) is 0 Å². The van der Waals surface area contributed by atoms with Crippen molar-refractivity contribution < 1.29 is 24.6 Å². The maximum absolute atomic E-state index is 5.41. The molecule has 6 heteroatoms. The second kappa shape index (κ2) is 18.8. The average Bonchev–Trinajstić information content (AvgIpc) is 2.52. The lowest BCUT2D eigenvalue weighted by atomic mass is 10.1. The zero-order chi connectivity index (χ0) is 16.3. The third-order valence-electron chi connectivity index (χ3n) is 3.26. The van der Waals surface area contributed by atoms with Crippen LogP contribution in [0.15, 0.2) is 0 Å². The van der Waals surface area contributed by atoms with E-state index in [0.717, 1.165) is 19.3 Å². The van der Waals surface area contributed by atoms with Crippen LogP contribution in [-0.4, -0.2) is 32.5 Å². The first kappa shape index (κ1) is 21.8. The molecule has 0 fully saturated rings. The summed E-state index contributed by atoms with van der Waals surface area (Å²) in [5.74, 6) is 0. The Bertz CT molecular complexity index is 207. The largest absolute Gasteiger partial charge is 0.376 e. The average molecular weight is 321 g/mol. The van der Waals surface area contributed by atoms with Gasteiger partial charge in [0.2, 0.25) is 0 Å². The molecule has 134 valence electrons. The molecular weight excluding hydrogens is 286 g/mol. The van der Waals surface area contributed by atoms with Crippen LogP contribution in [0, 0.1) is 0 Å². The van der Waals surface area contributed by atoms with Crippen molar-refractivity contribution in [1.29, 1.82) is 0 Å². The summed E-state index contributed by atoms with van der Waals surface area (Å²) in [4.78, 5) is 9.66. The van der Waals surface area contributed by atoms with Crippen molar-refractivity contribution in [2.24, 2.45) is 5.73 Å². The van der Waals surface area contributed by atoms with Crippen molar-refractivity contribution in [3.63, 3.8) is 0 Å². The molecule has 0 aromatic rings. The lowest BCUT2D eigenvalue weighted by molar-refractivity contribution is -0.635. The minimum atomic E-state index is -0.0668. The van der Waals surface area contributed by atoms with Gasteiger partial charge in [-0.05, 0) is 36.4 Å². The third-order valence-corrected chi connectivity index (χ3v) is 3.26. The minimum Gasteiger partial charge on any atom is -0.376 e. The van der Waals surface area contributed by atoms with Crippen LogP contribution in [0.4, 0.5) is 0 Å². The Morgan fingerprint density at radius 2 is 1.41 bits per heavy atom. The number of ether oxygens (including phenoxy) is 1. The van der Waals surface area contributed by atoms with E-state index in [0.29, 0.717) is 19.8 Å². The Kier molecular flexibility index (Phi) is 18.6. The van der Waals surface area contributed by atoms with Crippen LogP contribution in [0.5, 0.6) is 0 Å². The molecule has 0 bridgehead atoms. The zero-order valence-electron chi connectivity index (χ0n) is 14.4. The van der Waals surface area contributed by atoms with Gasteiger partial charge in [0.05, 0.1) is 12.7 Å². The van der Waals surface area contributed by atoms with E-state index < -0.39 is 0 Å². The van der Waals surface area contributed by atoms with Crippen molar-refractivity contribution in [3.05, 3.63) is 0 Å². The molecular formula is C16H35NO5. The maximum atomic E-state index is 5.41. The number of rotatable bonds is 18. The van der Waals surface area contributed by atoms with Gasteiger partial charge in [-0.25, -0.2) is 9.78 Å². The lowest BCUT2D eigenvalue weighted by Gasteiger charge is -2.11. The Labute approximate surface area is 135 Å². The van der Waals surface area contributed by atoms with E-state index in [-0.39, 0.29) is 12.7 Å². The highest BCUT2D eigenvalue weighted by Gasteiger charge is 2.03. The number of hydrogen-bond acceptors (Lipinski definition) is 6. The number of hydrogen-bond donors (Lipinski definition) is 1. The van der Waals surface area contributed by atoms with Gasteiger partial charge in [-0.3, -0.25) is 0 Å². The molecule has 0 aliphatic carbocycles. The summed E-state index contributed by atoms with van der Waals surface area (Å²) >= 11 is 0. The van der Waals surface area contributed by atoms with E-state index in [2.05, 4.69) is 17.0 Å². The monoisotopic (exact) mass is 321 g/mol. The normalized spacial score (nSPS) is 12.7. The highest BCUT2D eigenvalue weighted by Crippen LogP contribution is 2.08. The molecule has 6 nitrogen and oxygen atoms in total. The van der Waals surface area contributed by atoms with Gasteiger partial charge >= 0.3 is 0 Å². The Balaban J connectivity index is 3.05. The molecule has 0 aliphatic heterocycles. The first-order valence-corrected chi connectivity index (χ1v) is 8.70. The second-order valence-electron chi connectivity index (χ2n) is 5.54. The Morgan fingerprint density at radius 1 is 0.773 bits per heavy atom. The first-order valence-electron chi connectivity index (χ1n) is 8.70. The van der Waals surface area contributed by atoms with E-state index >= 15 is 0 Å². The van der Waals surface area contributed by atoms with Crippen molar-refractivity contribution in [2.75, 3.05) is 26.4 Å². The van der Waals surface area contributed by atoms with E-state index in [4.69, 9.17) is 20.2 Å². The van der Waals surface area contributed by atoms with Gasteiger partial charge in [-0.1, -0.05) is 51.9 Å². The van der Waals surface area contributed by atoms with E-state index in [1.54, 1.807) is 0 Å². The molecule has 0 amide bonds. The molecule has 0 spiro atoms. The molecule has 0 radical (unpaired) electrons. The molecule has 0 rings (SSSR count). The topological polar surface area (TPSA) is 72.2 Å². The molecule has 0 aliphatic rings. The Hall–Kier alpha value is -0.240. The summed E-state index contributed by atoms with van der Waals surface area (Å²) in [6.07, 6.45) is 10.8. The van der Waals surface area contributed by atoms with Crippen molar-refractivity contribution >= 4 is 0 Å². The Morgan fingerprint density at radius 3 is 2.09 bits per heavy atom. The summed E-state index contributed by atoms with van der Waals surface area (Å²) < 4.78 is 5.41. The van der Waals surface area contributed by atoms with Gasteiger partial charge in [0.15, 0.2) is 0 Å². The lowest BCUT2D eigenvalue weighted by Crippen LogP contribution is -2.18. The standard InChI is InChI=1S/C16H35NO5/c1-3-4-5-6-7-8-9-10-14-19-21-22-20-15-16(2)18-13-11-12-17/h16H,3-15,17H2,1-2H3. The van der Waals surface area contributed by atoms with Gasteiger partial charge in [-0.2, -0.15) is 0 Å². The number of nitrogens with two attached hydrogens (primary N) is 1. The quantitative estimate of drug-likeness (QED) is 0.236. The van der Waals surface area contributed by atoms with E-state index in [1.807, 2.05) is 6.92 Å². The van der Waals surface area contributed by atoms with Crippen LogP contribution in [0.2, 0.25) is 0 Å². The fourth-order valence-electron chi connectivity index (χ4n) is 1.91. The molecule has 0 heterocycles. The van der Waals surface area contributed by atoms with E-state index in [1.165, 1.54) is 38.5 Å². The molecule has 2 N–H and O–H groups in total. The highest BCUT2D eigenvalue weighted by atomic mass is 17.7. The van der Waals surface area contributed by atoms with Crippen molar-refractivity contribution in [2.45, 2.75) is 77.7 Å². The van der Waals surface area contributed by atoms with Gasteiger partial charge in [0.1, 0.15) is 6.61 Å². The molecule has 1 unspecified atom stereocenters. The fourth-order valence-corrected chi connectivity index (χ4v) is 1.91. The molecule has 0 saturated carbocycles. The van der Waals surface area contributed by atoms with Crippen molar-refractivity contribution in [3.8, 4) is 0 Å². The summed E-state index contributed by atoms with van der Waals surface area (Å²) in [5.41, 5.74) is 5.37. The second-order valence-corrected chi connectivity index (χ2v) is 5.54.